The molecule has 0 bridgehead atoms. The van der Waals surface area contributed by atoms with Crippen molar-refractivity contribution in [2.45, 2.75) is 46.1 Å². The van der Waals surface area contributed by atoms with Gasteiger partial charge in [0.25, 0.3) is 11.5 Å². The average molecular weight is 358 g/mol. The minimum absolute atomic E-state index is 0.0464. The highest BCUT2D eigenvalue weighted by Gasteiger charge is 2.20. The molecule has 2 rings (SSSR count). The number of aromatic nitrogens is 1. The fraction of sp³-hybridized carbons (Fsp3) is 0.450. The number of rotatable bonds is 8. The first-order valence-corrected chi connectivity index (χ1v) is 9.06. The van der Waals surface area contributed by atoms with Crippen LogP contribution in [0.25, 0.3) is 10.8 Å². The number of ether oxygens (including phenoxy) is 1. The van der Waals surface area contributed by atoms with Crippen LogP contribution in [-0.4, -0.2) is 41.0 Å². The van der Waals surface area contributed by atoms with Crippen LogP contribution in [0, 0.1) is 0 Å². The lowest BCUT2D eigenvalue weighted by Gasteiger charge is -2.28. The molecular formula is C20H26N2O4. The molecule has 1 atom stereocenters. The van der Waals surface area contributed by atoms with Crippen molar-refractivity contribution in [2.24, 2.45) is 0 Å². The highest BCUT2D eigenvalue weighted by Crippen LogP contribution is 2.11. The maximum atomic E-state index is 12.4. The highest BCUT2D eigenvalue weighted by molar-refractivity contribution is 5.94. The number of benzene rings is 1. The Balaban J connectivity index is 2.07. The standard InChI is InChI=1S/C20H26N2O4/c1-4-6-11-22(14(3)5-2)18(23)13-26-20(25)17-12-15-9-7-8-10-16(15)19(24)21-17/h7-10,12,14H,4-6,11,13H2,1-3H3,(H,21,24)/t14-/m1/s1. The summed E-state index contributed by atoms with van der Waals surface area (Å²) in [6.45, 7) is 6.38. The molecule has 0 spiro atoms. The van der Waals surface area contributed by atoms with Crippen molar-refractivity contribution in [1.82, 2.24) is 9.88 Å². The van der Waals surface area contributed by atoms with Gasteiger partial charge < -0.3 is 14.6 Å². The van der Waals surface area contributed by atoms with Crippen LogP contribution in [0.4, 0.5) is 0 Å². The fourth-order valence-electron chi connectivity index (χ4n) is 2.75. The molecule has 6 heteroatoms. The van der Waals surface area contributed by atoms with Crippen LogP contribution >= 0.6 is 0 Å². The molecule has 1 aromatic heterocycles. The number of nitrogens with zero attached hydrogens (tertiary/aromatic N) is 1. The molecule has 0 saturated heterocycles. The van der Waals surface area contributed by atoms with Crippen LogP contribution in [0.5, 0.6) is 0 Å². The largest absolute Gasteiger partial charge is 0.451 e. The van der Waals surface area contributed by atoms with Gasteiger partial charge in [0, 0.05) is 18.0 Å². The molecular weight excluding hydrogens is 332 g/mol. The molecule has 26 heavy (non-hydrogen) atoms. The predicted molar refractivity (Wildman–Crippen MR) is 101 cm³/mol. The Labute approximate surface area is 153 Å². The summed E-state index contributed by atoms with van der Waals surface area (Å²) >= 11 is 0. The van der Waals surface area contributed by atoms with Crippen LogP contribution < -0.4 is 5.56 Å². The lowest BCUT2D eigenvalue weighted by molar-refractivity contribution is -0.136. The summed E-state index contributed by atoms with van der Waals surface area (Å²) in [5.74, 6) is -0.926. The maximum Gasteiger partial charge on any atom is 0.355 e. The average Bonchev–Trinajstić information content (AvgIpc) is 2.66. The minimum atomic E-state index is -0.708. The van der Waals surface area contributed by atoms with Gasteiger partial charge in [-0.15, -0.1) is 0 Å². The number of carbonyl (C=O) groups excluding carboxylic acids is 2. The molecule has 1 N–H and O–H groups in total. The second kappa shape index (κ2) is 9.17. The summed E-state index contributed by atoms with van der Waals surface area (Å²) in [6, 6.07) is 8.64. The summed E-state index contributed by atoms with van der Waals surface area (Å²) in [5, 5.41) is 1.15. The number of amides is 1. The van der Waals surface area contributed by atoms with Crippen molar-refractivity contribution >= 4 is 22.6 Å². The smallest absolute Gasteiger partial charge is 0.355 e. The fourth-order valence-corrected chi connectivity index (χ4v) is 2.75. The van der Waals surface area contributed by atoms with Gasteiger partial charge in [-0.05, 0) is 37.3 Å². The number of carbonyl (C=O) groups is 2. The number of pyridine rings is 1. The van der Waals surface area contributed by atoms with E-state index in [1.54, 1.807) is 35.2 Å². The quantitative estimate of drug-likeness (QED) is 0.735. The molecule has 6 nitrogen and oxygen atoms in total. The van der Waals surface area contributed by atoms with Gasteiger partial charge in [0.2, 0.25) is 0 Å². The topological polar surface area (TPSA) is 79.5 Å². The molecule has 140 valence electrons. The molecule has 0 unspecified atom stereocenters. The van der Waals surface area contributed by atoms with E-state index in [1.165, 1.54) is 0 Å². The molecule has 1 amide bonds. The highest BCUT2D eigenvalue weighted by atomic mass is 16.5. The molecule has 0 aliphatic carbocycles. The minimum Gasteiger partial charge on any atom is -0.451 e. The number of esters is 1. The Kier molecular flexibility index (Phi) is 6.95. The van der Waals surface area contributed by atoms with E-state index in [2.05, 4.69) is 11.9 Å². The lowest BCUT2D eigenvalue weighted by Crippen LogP contribution is -2.41. The molecule has 1 heterocycles. The summed E-state index contributed by atoms with van der Waals surface area (Å²) in [4.78, 5) is 41.0. The van der Waals surface area contributed by atoms with Gasteiger partial charge in [-0.25, -0.2) is 4.79 Å². The van der Waals surface area contributed by atoms with Crippen molar-refractivity contribution in [3.05, 3.63) is 46.4 Å². The van der Waals surface area contributed by atoms with E-state index in [0.29, 0.717) is 17.3 Å². The van der Waals surface area contributed by atoms with E-state index in [0.717, 1.165) is 19.3 Å². The van der Waals surface area contributed by atoms with Crippen LogP contribution in [0.15, 0.2) is 35.1 Å². The van der Waals surface area contributed by atoms with Gasteiger partial charge in [0.1, 0.15) is 5.69 Å². The van der Waals surface area contributed by atoms with Gasteiger partial charge in [0.15, 0.2) is 6.61 Å². The number of hydrogen-bond acceptors (Lipinski definition) is 4. The van der Waals surface area contributed by atoms with Crippen LogP contribution in [0.3, 0.4) is 0 Å². The number of hydrogen-bond donors (Lipinski definition) is 1. The first-order valence-electron chi connectivity index (χ1n) is 9.06. The van der Waals surface area contributed by atoms with Crippen molar-refractivity contribution in [1.29, 1.82) is 0 Å². The zero-order valence-corrected chi connectivity index (χ0v) is 15.6. The third-order valence-electron chi connectivity index (χ3n) is 4.50. The maximum absolute atomic E-state index is 12.4. The van der Waals surface area contributed by atoms with E-state index in [1.807, 2.05) is 13.8 Å². The third-order valence-corrected chi connectivity index (χ3v) is 4.50. The Bertz CT molecular complexity index is 828. The second-order valence-corrected chi connectivity index (χ2v) is 6.37. The van der Waals surface area contributed by atoms with E-state index >= 15 is 0 Å². The second-order valence-electron chi connectivity index (χ2n) is 6.37. The summed E-state index contributed by atoms with van der Waals surface area (Å²) in [6.07, 6.45) is 2.72. The molecule has 0 aliphatic heterocycles. The molecule has 0 saturated carbocycles. The summed E-state index contributed by atoms with van der Waals surface area (Å²) in [5.41, 5.74) is -0.310. The Morgan fingerprint density at radius 2 is 1.96 bits per heavy atom. The third kappa shape index (κ3) is 4.71. The number of nitrogens with one attached hydrogen (secondary N) is 1. The van der Waals surface area contributed by atoms with Gasteiger partial charge in [-0.1, -0.05) is 38.5 Å². The lowest BCUT2D eigenvalue weighted by atomic mass is 10.1. The first-order chi connectivity index (χ1) is 12.5. The van der Waals surface area contributed by atoms with Gasteiger partial charge in [-0.3, -0.25) is 9.59 Å². The summed E-state index contributed by atoms with van der Waals surface area (Å²) < 4.78 is 5.15. The Morgan fingerprint density at radius 1 is 1.23 bits per heavy atom. The van der Waals surface area contributed by atoms with Crippen molar-refractivity contribution < 1.29 is 14.3 Å². The van der Waals surface area contributed by atoms with Gasteiger partial charge >= 0.3 is 5.97 Å². The van der Waals surface area contributed by atoms with Crippen LogP contribution in [-0.2, 0) is 9.53 Å². The van der Waals surface area contributed by atoms with Crippen molar-refractivity contribution in [2.75, 3.05) is 13.2 Å². The van der Waals surface area contributed by atoms with Crippen LogP contribution in [0.2, 0.25) is 0 Å². The number of aromatic amines is 1. The van der Waals surface area contributed by atoms with E-state index < -0.39 is 5.97 Å². The first kappa shape index (κ1) is 19.7. The Hall–Kier alpha value is -2.63. The summed E-state index contributed by atoms with van der Waals surface area (Å²) in [7, 11) is 0. The van der Waals surface area contributed by atoms with Crippen molar-refractivity contribution in [3.8, 4) is 0 Å². The number of H-pyrrole nitrogens is 1. The van der Waals surface area contributed by atoms with Crippen LogP contribution in [0.1, 0.15) is 50.5 Å². The van der Waals surface area contributed by atoms with Gasteiger partial charge in [-0.2, -0.15) is 0 Å². The zero-order chi connectivity index (χ0) is 19.1. The Morgan fingerprint density at radius 3 is 2.65 bits per heavy atom. The van der Waals surface area contributed by atoms with E-state index in [9.17, 15) is 14.4 Å². The molecule has 0 radical (unpaired) electrons. The number of unbranched alkanes of at least 4 members (excludes halogenated alkanes) is 1. The van der Waals surface area contributed by atoms with E-state index in [-0.39, 0.29) is 29.8 Å². The van der Waals surface area contributed by atoms with Gasteiger partial charge in [0.05, 0.1) is 0 Å². The molecule has 0 fully saturated rings. The molecule has 1 aromatic carbocycles. The molecule has 2 aromatic rings. The normalized spacial score (nSPS) is 12.0. The van der Waals surface area contributed by atoms with E-state index in [4.69, 9.17) is 4.74 Å². The van der Waals surface area contributed by atoms with Crippen molar-refractivity contribution in [3.63, 3.8) is 0 Å². The monoisotopic (exact) mass is 358 g/mol. The SMILES string of the molecule is CCCCN(C(=O)COC(=O)c1cc2ccccc2c(=O)[nH]1)[C@H](C)CC. The number of fused-ring (bicyclic) bond motifs is 1. The predicted octanol–water partition coefficient (Wildman–Crippen LogP) is 3.11. The molecule has 0 aliphatic rings. The zero-order valence-electron chi connectivity index (χ0n) is 15.6.